The van der Waals surface area contributed by atoms with Crippen molar-refractivity contribution in [1.82, 2.24) is 5.32 Å². The summed E-state index contributed by atoms with van der Waals surface area (Å²) in [5.74, 6) is 0.389. The molecule has 2 N–H and O–H groups in total. The molecular weight excluding hydrogens is 330 g/mol. The van der Waals surface area contributed by atoms with E-state index in [0.29, 0.717) is 15.8 Å². The first kappa shape index (κ1) is 16.7. The summed E-state index contributed by atoms with van der Waals surface area (Å²) in [4.78, 5) is 0. The molecule has 0 heterocycles. The molecule has 1 aliphatic rings. The third-order valence-corrected chi connectivity index (χ3v) is 4.04. The van der Waals surface area contributed by atoms with E-state index in [0.717, 1.165) is 0 Å². The van der Waals surface area contributed by atoms with Gasteiger partial charge in [-0.1, -0.05) is 23.2 Å². The van der Waals surface area contributed by atoms with Crippen LogP contribution in [-0.4, -0.2) is 36.1 Å². The second-order valence-corrected chi connectivity index (χ2v) is 5.82. The fraction of sp³-hybridized carbons (Fsp3) is 0.538. The lowest BCUT2D eigenvalue weighted by Crippen LogP contribution is -2.48. The standard InChI is InChI=1S/C13H14Cl2F3NO2/c14-10-2-1-9(5-11(10)15)21-7-8(20)6-19-12(3-4-12)13(16,17)18/h1-2,5,8,19-20H,3-4,6-7H2. The summed E-state index contributed by atoms with van der Waals surface area (Å²) in [6.07, 6.45) is -5.27. The highest BCUT2D eigenvalue weighted by Crippen LogP contribution is 2.48. The Hall–Kier alpha value is -0.690. The van der Waals surface area contributed by atoms with Gasteiger partial charge in [0.25, 0.3) is 0 Å². The van der Waals surface area contributed by atoms with Gasteiger partial charge in [-0.25, -0.2) is 0 Å². The normalized spacial score (nSPS) is 18.4. The molecule has 1 atom stereocenters. The third kappa shape index (κ3) is 4.16. The summed E-state index contributed by atoms with van der Waals surface area (Å²) in [7, 11) is 0. The number of benzene rings is 1. The summed E-state index contributed by atoms with van der Waals surface area (Å²) in [6.45, 7) is -0.334. The fourth-order valence-electron chi connectivity index (χ4n) is 1.82. The molecule has 1 aromatic rings. The largest absolute Gasteiger partial charge is 0.491 e. The number of rotatable bonds is 6. The van der Waals surface area contributed by atoms with E-state index >= 15 is 0 Å². The lowest BCUT2D eigenvalue weighted by molar-refractivity contribution is -0.166. The van der Waals surface area contributed by atoms with Gasteiger partial charge in [-0.3, -0.25) is 0 Å². The molecule has 0 radical (unpaired) electrons. The zero-order chi connectivity index (χ0) is 15.7. The van der Waals surface area contributed by atoms with Crippen LogP contribution in [0.2, 0.25) is 10.0 Å². The van der Waals surface area contributed by atoms with Crippen molar-refractivity contribution in [3.8, 4) is 5.75 Å². The number of β-amino-alcohol motifs (C(OH)–C–C–N with tert-alkyl or cyclic N) is 1. The SMILES string of the molecule is OC(CNC1(C(F)(F)F)CC1)COc1ccc(Cl)c(Cl)c1. The zero-order valence-electron chi connectivity index (χ0n) is 10.9. The number of halogens is 5. The summed E-state index contributed by atoms with van der Waals surface area (Å²) < 4.78 is 43.3. The Morgan fingerprint density at radius 2 is 1.95 bits per heavy atom. The Labute approximate surface area is 130 Å². The molecule has 118 valence electrons. The van der Waals surface area contributed by atoms with Crippen LogP contribution in [0.4, 0.5) is 13.2 Å². The van der Waals surface area contributed by atoms with Gasteiger partial charge in [-0.05, 0) is 25.0 Å². The molecule has 8 heteroatoms. The Kier molecular flexibility index (Phi) is 4.92. The van der Waals surface area contributed by atoms with E-state index < -0.39 is 17.8 Å². The first-order chi connectivity index (χ1) is 9.73. The van der Waals surface area contributed by atoms with Crippen LogP contribution in [0.1, 0.15) is 12.8 Å². The first-order valence-electron chi connectivity index (χ1n) is 6.31. The van der Waals surface area contributed by atoms with Crippen LogP contribution in [0, 0.1) is 0 Å². The molecule has 1 fully saturated rings. The van der Waals surface area contributed by atoms with Crippen molar-refractivity contribution in [1.29, 1.82) is 0 Å². The molecular formula is C13H14Cl2F3NO2. The Morgan fingerprint density at radius 1 is 1.29 bits per heavy atom. The highest BCUT2D eigenvalue weighted by atomic mass is 35.5. The molecule has 1 aliphatic carbocycles. The van der Waals surface area contributed by atoms with Gasteiger partial charge in [0.1, 0.15) is 24.0 Å². The zero-order valence-corrected chi connectivity index (χ0v) is 12.4. The molecule has 0 aromatic heterocycles. The molecule has 0 aliphatic heterocycles. The molecule has 0 spiro atoms. The van der Waals surface area contributed by atoms with Gasteiger partial charge in [-0.15, -0.1) is 0 Å². The lowest BCUT2D eigenvalue weighted by atomic mass is 10.2. The summed E-state index contributed by atoms with van der Waals surface area (Å²) in [6, 6.07) is 4.57. The van der Waals surface area contributed by atoms with Crippen LogP contribution >= 0.6 is 23.2 Å². The number of aliphatic hydroxyl groups is 1. The number of hydrogen-bond donors (Lipinski definition) is 2. The first-order valence-corrected chi connectivity index (χ1v) is 7.07. The van der Waals surface area contributed by atoms with Crippen LogP contribution in [0.15, 0.2) is 18.2 Å². The van der Waals surface area contributed by atoms with Gasteiger partial charge in [0.15, 0.2) is 0 Å². The second-order valence-electron chi connectivity index (χ2n) is 5.00. The summed E-state index contributed by atoms with van der Waals surface area (Å²) >= 11 is 11.5. The summed E-state index contributed by atoms with van der Waals surface area (Å²) in [5, 5.41) is 12.7. The monoisotopic (exact) mass is 343 g/mol. The van der Waals surface area contributed by atoms with Gasteiger partial charge in [-0.2, -0.15) is 13.2 Å². The van der Waals surface area contributed by atoms with Crippen molar-refractivity contribution < 1.29 is 23.0 Å². The summed E-state index contributed by atoms with van der Waals surface area (Å²) in [5.41, 5.74) is -1.84. The van der Waals surface area contributed by atoms with Crippen LogP contribution in [0.5, 0.6) is 5.75 Å². The van der Waals surface area contributed by atoms with Gasteiger partial charge in [0, 0.05) is 12.6 Å². The number of ether oxygens (including phenoxy) is 1. The van der Waals surface area contributed by atoms with Crippen molar-refractivity contribution in [3.63, 3.8) is 0 Å². The smallest absolute Gasteiger partial charge is 0.406 e. The maximum absolute atomic E-state index is 12.7. The van der Waals surface area contributed by atoms with E-state index in [4.69, 9.17) is 27.9 Å². The topological polar surface area (TPSA) is 41.5 Å². The minimum absolute atomic E-state index is 0.0386. The fourth-order valence-corrected chi connectivity index (χ4v) is 2.10. The van der Waals surface area contributed by atoms with E-state index in [-0.39, 0.29) is 26.0 Å². The molecule has 3 nitrogen and oxygen atoms in total. The highest BCUT2D eigenvalue weighted by Gasteiger charge is 2.63. The molecule has 21 heavy (non-hydrogen) atoms. The molecule has 1 aromatic carbocycles. The van der Waals surface area contributed by atoms with Crippen molar-refractivity contribution in [2.45, 2.75) is 30.7 Å². The van der Waals surface area contributed by atoms with Crippen LogP contribution in [-0.2, 0) is 0 Å². The Morgan fingerprint density at radius 3 is 2.48 bits per heavy atom. The molecule has 1 unspecified atom stereocenters. The number of alkyl halides is 3. The predicted octanol–water partition coefficient (Wildman–Crippen LogP) is 3.42. The van der Waals surface area contributed by atoms with Gasteiger partial charge < -0.3 is 15.2 Å². The number of hydrogen-bond acceptors (Lipinski definition) is 3. The molecule has 2 rings (SSSR count). The maximum atomic E-state index is 12.7. The Bertz CT molecular complexity index is 507. The van der Waals surface area contributed by atoms with E-state index in [2.05, 4.69) is 5.32 Å². The predicted molar refractivity (Wildman–Crippen MR) is 74.0 cm³/mol. The maximum Gasteiger partial charge on any atom is 0.406 e. The molecule has 0 amide bonds. The van der Waals surface area contributed by atoms with Crippen molar-refractivity contribution in [2.75, 3.05) is 13.2 Å². The van der Waals surface area contributed by atoms with Crippen LogP contribution in [0.3, 0.4) is 0 Å². The average molecular weight is 344 g/mol. The van der Waals surface area contributed by atoms with E-state index in [1.807, 2.05) is 0 Å². The van der Waals surface area contributed by atoms with Gasteiger partial charge in [0.05, 0.1) is 10.0 Å². The third-order valence-electron chi connectivity index (χ3n) is 3.30. The highest BCUT2D eigenvalue weighted by molar-refractivity contribution is 6.42. The lowest BCUT2D eigenvalue weighted by Gasteiger charge is -2.22. The van der Waals surface area contributed by atoms with Gasteiger partial charge >= 0.3 is 6.18 Å². The van der Waals surface area contributed by atoms with E-state index in [1.54, 1.807) is 6.07 Å². The minimum atomic E-state index is -4.29. The second kappa shape index (κ2) is 6.20. The Balaban J connectivity index is 1.78. The van der Waals surface area contributed by atoms with Crippen LogP contribution in [0.25, 0.3) is 0 Å². The number of aliphatic hydroxyl groups excluding tert-OH is 1. The van der Waals surface area contributed by atoms with Crippen molar-refractivity contribution in [3.05, 3.63) is 28.2 Å². The van der Waals surface area contributed by atoms with Crippen LogP contribution < -0.4 is 10.1 Å². The van der Waals surface area contributed by atoms with E-state index in [9.17, 15) is 18.3 Å². The molecule has 0 saturated heterocycles. The van der Waals surface area contributed by atoms with Gasteiger partial charge in [0.2, 0.25) is 0 Å². The van der Waals surface area contributed by atoms with E-state index in [1.165, 1.54) is 12.1 Å². The molecule has 0 bridgehead atoms. The number of nitrogens with one attached hydrogen (secondary N) is 1. The average Bonchev–Trinajstić information content (AvgIpc) is 3.18. The quantitative estimate of drug-likeness (QED) is 0.831. The molecule has 1 saturated carbocycles. The minimum Gasteiger partial charge on any atom is -0.491 e. The van der Waals surface area contributed by atoms with Crippen molar-refractivity contribution in [2.24, 2.45) is 0 Å². The van der Waals surface area contributed by atoms with Crippen molar-refractivity contribution >= 4 is 23.2 Å².